The van der Waals surface area contributed by atoms with Crippen LogP contribution in [0.2, 0.25) is 0 Å². The van der Waals surface area contributed by atoms with Gasteiger partial charge in [-0.25, -0.2) is 12.7 Å². The molecular weight excluding hydrogens is 340 g/mol. The summed E-state index contributed by atoms with van der Waals surface area (Å²) in [6, 6.07) is 2.18. The standard InChI is InChI=1S/C17H26N4O3S/c22-17(14-4-1-2-5-14)19-12-16(13-19)25(23,24)20-10-6-15(7-11-20)21-9-3-8-18-21/h3,8-9,14-16H,1-2,4-7,10-13H2. The van der Waals surface area contributed by atoms with Gasteiger partial charge in [0.1, 0.15) is 5.25 Å². The summed E-state index contributed by atoms with van der Waals surface area (Å²) in [5.74, 6) is 0.301. The maximum Gasteiger partial charge on any atom is 0.225 e. The van der Waals surface area contributed by atoms with E-state index in [2.05, 4.69) is 5.10 Å². The molecule has 2 aliphatic heterocycles. The zero-order valence-corrected chi connectivity index (χ0v) is 15.3. The molecule has 138 valence electrons. The lowest BCUT2D eigenvalue weighted by molar-refractivity contribution is -0.138. The molecular formula is C17H26N4O3S. The molecule has 8 heteroatoms. The molecule has 1 saturated carbocycles. The monoisotopic (exact) mass is 366 g/mol. The molecule has 0 bridgehead atoms. The number of rotatable bonds is 4. The van der Waals surface area contributed by atoms with Crippen molar-refractivity contribution in [3.05, 3.63) is 18.5 Å². The summed E-state index contributed by atoms with van der Waals surface area (Å²) >= 11 is 0. The average molecular weight is 366 g/mol. The minimum Gasteiger partial charge on any atom is -0.340 e. The first-order valence-electron chi connectivity index (χ1n) is 9.32. The molecule has 7 nitrogen and oxygen atoms in total. The number of likely N-dealkylation sites (tertiary alicyclic amines) is 1. The maximum absolute atomic E-state index is 12.8. The molecule has 0 spiro atoms. The summed E-state index contributed by atoms with van der Waals surface area (Å²) in [6.07, 6.45) is 9.45. The van der Waals surface area contributed by atoms with Crippen LogP contribution in [0.15, 0.2) is 18.5 Å². The van der Waals surface area contributed by atoms with E-state index in [9.17, 15) is 13.2 Å². The molecule has 0 aromatic carbocycles. The van der Waals surface area contributed by atoms with Gasteiger partial charge in [-0.1, -0.05) is 12.8 Å². The number of hydrogen-bond acceptors (Lipinski definition) is 4. The normalized spacial score (nSPS) is 24.6. The van der Waals surface area contributed by atoms with Crippen molar-refractivity contribution in [1.29, 1.82) is 0 Å². The van der Waals surface area contributed by atoms with E-state index in [1.54, 1.807) is 15.4 Å². The Hall–Kier alpha value is -1.41. The summed E-state index contributed by atoms with van der Waals surface area (Å²) in [4.78, 5) is 14.1. The Kier molecular flexibility index (Phi) is 4.58. The van der Waals surface area contributed by atoms with Gasteiger partial charge < -0.3 is 4.90 Å². The van der Waals surface area contributed by atoms with Crippen molar-refractivity contribution in [2.24, 2.45) is 5.92 Å². The Labute approximate surface area is 149 Å². The van der Waals surface area contributed by atoms with Crippen LogP contribution in [-0.4, -0.2) is 64.7 Å². The van der Waals surface area contributed by atoms with E-state index in [1.807, 2.05) is 16.9 Å². The topological polar surface area (TPSA) is 75.5 Å². The Morgan fingerprint density at radius 1 is 1.04 bits per heavy atom. The predicted octanol–water partition coefficient (Wildman–Crippen LogP) is 1.25. The molecule has 25 heavy (non-hydrogen) atoms. The Bertz CT molecular complexity index is 698. The molecule has 1 aromatic rings. The van der Waals surface area contributed by atoms with Crippen molar-refractivity contribution in [2.75, 3.05) is 26.2 Å². The number of piperidine rings is 1. The van der Waals surface area contributed by atoms with E-state index in [1.165, 1.54) is 0 Å². The Morgan fingerprint density at radius 3 is 2.32 bits per heavy atom. The number of hydrogen-bond donors (Lipinski definition) is 0. The molecule has 0 N–H and O–H groups in total. The molecule has 0 unspecified atom stereocenters. The fourth-order valence-electron chi connectivity index (χ4n) is 4.31. The van der Waals surface area contributed by atoms with Gasteiger partial charge in [-0.2, -0.15) is 5.10 Å². The van der Waals surface area contributed by atoms with Crippen LogP contribution in [0.3, 0.4) is 0 Å². The van der Waals surface area contributed by atoms with Crippen molar-refractivity contribution in [3.63, 3.8) is 0 Å². The second kappa shape index (κ2) is 6.72. The summed E-state index contributed by atoms with van der Waals surface area (Å²) < 4.78 is 29.2. The third-order valence-corrected chi connectivity index (χ3v) is 8.19. The van der Waals surface area contributed by atoms with Gasteiger partial charge in [0.2, 0.25) is 15.9 Å². The lowest BCUT2D eigenvalue weighted by atomic mass is 10.0. The molecule has 1 aliphatic carbocycles. The Morgan fingerprint density at radius 2 is 1.72 bits per heavy atom. The fourth-order valence-corrected chi connectivity index (χ4v) is 6.18. The molecule has 4 rings (SSSR count). The van der Waals surface area contributed by atoms with E-state index in [0.717, 1.165) is 38.5 Å². The zero-order chi connectivity index (χ0) is 17.4. The number of carbonyl (C=O) groups is 1. The van der Waals surface area contributed by atoms with Gasteiger partial charge in [0.15, 0.2) is 0 Å². The second-order valence-corrected chi connectivity index (χ2v) is 9.72. The van der Waals surface area contributed by atoms with Crippen molar-refractivity contribution in [2.45, 2.75) is 49.8 Å². The highest BCUT2D eigenvalue weighted by molar-refractivity contribution is 7.89. The quantitative estimate of drug-likeness (QED) is 0.804. The summed E-state index contributed by atoms with van der Waals surface area (Å²) in [5, 5.41) is 3.84. The molecule has 0 radical (unpaired) electrons. The largest absolute Gasteiger partial charge is 0.340 e. The van der Waals surface area contributed by atoms with E-state index < -0.39 is 15.3 Å². The van der Waals surface area contributed by atoms with Crippen LogP contribution in [0.1, 0.15) is 44.6 Å². The molecule has 3 aliphatic rings. The Balaban J connectivity index is 1.30. The highest BCUT2D eigenvalue weighted by atomic mass is 32.2. The first-order valence-corrected chi connectivity index (χ1v) is 10.8. The lowest BCUT2D eigenvalue weighted by Crippen LogP contribution is -2.61. The first-order chi connectivity index (χ1) is 12.1. The minimum absolute atomic E-state index is 0.133. The van der Waals surface area contributed by atoms with Gasteiger partial charge in [0.25, 0.3) is 0 Å². The number of sulfonamides is 1. The van der Waals surface area contributed by atoms with Crippen LogP contribution in [0, 0.1) is 5.92 Å². The molecule has 3 heterocycles. The third-order valence-electron chi connectivity index (χ3n) is 5.97. The van der Waals surface area contributed by atoms with Gasteiger partial charge >= 0.3 is 0 Å². The van der Waals surface area contributed by atoms with E-state index in [-0.39, 0.29) is 17.9 Å². The number of carbonyl (C=O) groups excluding carboxylic acids is 1. The van der Waals surface area contributed by atoms with Gasteiger partial charge in [0, 0.05) is 44.5 Å². The van der Waals surface area contributed by atoms with Gasteiger partial charge in [-0.15, -0.1) is 0 Å². The van der Waals surface area contributed by atoms with Crippen molar-refractivity contribution < 1.29 is 13.2 Å². The summed E-state index contributed by atoms with van der Waals surface area (Å²) in [6.45, 7) is 1.83. The maximum atomic E-state index is 12.8. The lowest BCUT2D eigenvalue weighted by Gasteiger charge is -2.43. The summed E-state index contributed by atoms with van der Waals surface area (Å²) in [5.41, 5.74) is 0. The molecule has 1 amide bonds. The number of nitrogens with zero attached hydrogens (tertiary/aromatic N) is 4. The van der Waals surface area contributed by atoms with Crippen LogP contribution in [0.5, 0.6) is 0 Å². The highest BCUT2D eigenvalue weighted by Crippen LogP contribution is 2.31. The predicted molar refractivity (Wildman–Crippen MR) is 93.3 cm³/mol. The smallest absolute Gasteiger partial charge is 0.225 e. The zero-order valence-electron chi connectivity index (χ0n) is 14.5. The molecule has 1 aromatic heterocycles. The first kappa shape index (κ1) is 17.0. The molecule has 3 fully saturated rings. The van der Waals surface area contributed by atoms with E-state index in [4.69, 9.17) is 0 Å². The number of aromatic nitrogens is 2. The number of amides is 1. The van der Waals surface area contributed by atoms with Crippen LogP contribution in [-0.2, 0) is 14.8 Å². The van der Waals surface area contributed by atoms with Crippen LogP contribution in [0.25, 0.3) is 0 Å². The highest BCUT2D eigenvalue weighted by Gasteiger charge is 2.45. The van der Waals surface area contributed by atoms with Gasteiger partial charge in [0.05, 0.1) is 6.04 Å². The molecule has 0 atom stereocenters. The second-order valence-electron chi connectivity index (χ2n) is 7.51. The average Bonchev–Trinajstić information content (AvgIpc) is 3.27. The molecule has 2 saturated heterocycles. The van der Waals surface area contributed by atoms with E-state index >= 15 is 0 Å². The summed E-state index contributed by atoms with van der Waals surface area (Å²) in [7, 11) is -3.30. The van der Waals surface area contributed by atoms with E-state index in [0.29, 0.717) is 26.2 Å². The van der Waals surface area contributed by atoms with Gasteiger partial charge in [-0.05, 0) is 31.7 Å². The van der Waals surface area contributed by atoms with Crippen molar-refractivity contribution in [3.8, 4) is 0 Å². The van der Waals surface area contributed by atoms with Crippen LogP contribution < -0.4 is 0 Å². The third kappa shape index (κ3) is 3.21. The van der Waals surface area contributed by atoms with Gasteiger partial charge in [-0.3, -0.25) is 9.48 Å². The fraction of sp³-hybridized carbons (Fsp3) is 0.765. The van der Waals surface area contributed by atoms with Crippen molar-refractivity contribution in [1.82, 2.24) is 19.0 Å². The minimum atomic E-state index is -3.30. The van der Waals surface area contributed by atoms with Crippen LogP contribution >= 0.6 is 0 Å². The SMILES string of the molecule is O=C(C1CCCC1)N1CC(S(=O)(=O)N2CCC(n3cccn3)CC2)C1. The van der Waals surface area contributed by atoms with Crippen molar-refractivity contribution >= 4 is 15.9 Å². The van der Waals surface area contributed by atoms with Crippen LogP contribution in [0.4, 0.5) is 0 Å².